The number of likely N-dealkylation sites (tertiary alicyclic amines) is 1. The first-order valence-corrected chi connectivity index (χ1v) is 7.51. The van der Waals surface area contributed by atoms with Crippen LogP contribution in [0.1, 0.15) is 32.1 Å². The molecule has 0 N–H and O–H groups in total. The van der Waals surface area contributed by atoms with E-state index in [1.807, 2.05) is 4.90 Å². The molecule has 3 aliphatic rings. The van der Waals surface area contributed by atoms with Gasteiger partial charge in [-0.25, -0.2) is 0 Å². The SMILES string of the molecule is COC(=O)[C@@H]1CC12CCN(C(=O)[C@H](OC)C1CC1)CC2. The summed E-state index contributed by atoms with van der Waals surface area (Å²) in [5.74, 6) is 0.538. The van der Waals surface area contributed by atoms with E-state index in [4.69, 9.17) is 9.47 Å². The van der Waals surface area contributed by atoms with Crippen molar-refractivity contribution >= 4 is 11.9 Å². The Labute approximate surface area is 119 Å². The maximum atomic E-state index is 12.4. The van der Waals surface area contributed by atoms with Crippen molar-refractivity contribution in [2.45, 2.75) is 38.2 Å². The van der Waals surface area contributed by atoms with Crippen molar-refractivity contribution in [1.29, 1.82) is 0 Å². The zero-order valence-corrected chi connectivity index (χ0v) is 12.3. The van der Waals surface area contributed by atoms with Gasteiger partial charge in [-0.15, -0.1) is 0 Å². The third-order valence-electron chi connectivity index (χ3n) is 5.29. The summed E-state index contributed by atoms with van der Waals surface area (Å²) in [4.78, 5) is 25.9. The Morgan fingerprint density at radius 3 is 2.35 bits per heavy atom. The zero-order chi connectivity index (χ0) is 14.3. The van der Waals surface area contributed by atoms with Crippen molar-refractivity contribution in [1.82, 2.24) is 4.90 Å². The molecule has 3 fully saturated rings. The lowest BCUT2D eigenvalue weighted by atomic mass is 9.90. The van der Waals surface area contributed by atoms with Crippen molar-refractivity contribution in [3.8, 4) is 0 Å². The molecule has 0 bridgehead atoms. The predicted molar refractivity (Wildman–Crippen MR) is 71.9 cm³/mol. The lowest BCUT2D eigenvalue weighted by Gasteiger charge is -2.34. The smallest absolute Gasteiger partial charge is 0.309 e. The van der Waals surface area contributed by atoms with Crippen LogP contribution < -0.4 is 0 Å². The molecule has 112 valence electrons. The average molecular weight is 281 g/mol. The quantitative estimate of drug-likeness (QED) is 0.727. The fourth-order valence-corrected chi connectivity index (χ4v) is 3.62. The van der Waals surface area contributed by atoms with Crippen LogP contribution in [0.4, 0.5) is 0 Å². The predicted octanol–water partition coefficient (Wildman–Crippen LogP) is 1.21. The number of ether oxygens (including phenoxy) is 2. The molecule has 20 heavy (non-hydrogen) atoms. The number of nitrogens with zero attached hydrogens (tertiary/aromatic N) is 1. The van der Waals surface area contributed by atoms with Crippen LogP contribution in [0.5, 0.6) is 0 Å². The van der Waals surface area contributed by atoms with Crippen LogP contribution in [0.3, 0.4) is 0 Å². The maximum absolute atomic E-state index is 12.4. The van der Waals surface area contributed by atoms with Crippen molar-refractivity contribution < 1.29 is 19.1 Å². The van der Waals surface area contributed by atoms with E-state index in [0.717, 1.165) is 45.2 Å². The summed E-state index contributed by atoms with van der Waals surface area (Å²) in [6.07, 6.45) is 4.72. The van der Waals surface area contributed by atoms with Crippen molar-refractivity contribution in [3.05, 3.63) is 0 Å². The first-order valence-electron chi connectivity index (χ1n) is 7.51. The first kappa shape index (κ1) is 13.9. The second kappa shape index (κ2) is 5.02. The Morgan fingerprint density at radius 2 is 1.85 bits per heavy atom. The Kier molecular flexibility index (Phi) is 3.48. The number of carbonyl (C=O) groups is 2. The third kappa shape index (κ3) is 2.32. The number of amides is 1. The highest BCUT2D eigenvalue weighted by Crippen LogP contribution is 2.59. The highest BCUT2D eigenvalue weighted by atomic mass is 16.5. The van der Waals surface area contributed by atoms with Gasteiger partial charge in [-0.1, -0.05) is 0 Å². The summed E-state index contributed by atoms with van der Waals surface area (Å²) in [7, 11) is 3.08. The molecule has 2 aliphatic carbocycles. The summed E-state index contributed by atoms with van der Waals surface area (Å²) >= 11 is 0. The van der Waals surface area contributed by atoms with Crippen LogP contribution in [0.25, 0.3) is 0 Å². The van der Waals surface area contributed by atoms with E-state index in [1.54, 1.807) is 7.11 Å². The van der Waals surface area contributed by atoms with Gasteiger partial charge in [0, 0.05) is 20.2 Å². The highest BCUT2D eigenvalue weighted by molar-refractivity contribution is 5.82. The lowest BCUT2D eigenvalue weighted by Crippen LogP contribution is -2.46. The molecule has 0 aromatic carbocycles. The lowest BCUT2D eigenvalue weighted by molar-refractivity contribution is -0.145. The standard InChI is InChI=1S/C15H23NO4/c1-19-12(10-3-4-10)13(17)16-7-5-15(6-8-16)9-11(15)14(18)20-2/h10-12H,3-9H2,1-2H3/t11-,12+/m0/s1. The Morgan fingerprint density at radius 1 is 1.20 bits per heavy atom. The number of hydrogen-bond donors (Lipinski definition) is 0. The molecule has 1 heterocycles. The first-order chi connectivity index (χ1) is 9.61. The fourth-order valence-electron chi connectivity index (χ4n) is 3.62. The van der Waals surface area contributed by atoms with Crippen LogP contribution in [0.2, 0.25) is 0 Å². The number of carbonyl (C=O) groups excluding carboxylic acids is 2. The molecule has 5 nitrogen and oxygen atoms in total. The summed E-state index contributed by atoms with van der Waals surface area (Å²) in [6, 6.07) is 0. The van der Waals surface area contributed by atoms with Crippen LogP contribution in [-0.2, 0) is 19.1 Å². The number of methoxy groups -OCH3 is 2. The molecular formula is C15H23NO4. The normalized spacial score (nSPS) is 29.1. The van der Waals surface area contributed by atoms with E-state index in [1.165, 1.54) is 7.11 Å². The van der Waals surface area contributed by atoms with E-state index in [9.17, 15) is 9.59 Å². The minimum absolute atomic E-state index is 0.0615. The third-order valence-corrected chi connectivity index (χ3v) is 5.29. The summed E-state index contributed by atoms with van der Waals surface area (Å²) in [6.45, 7) is 1.50. The van der Waals surface area contributed by atoms with Gasteiger partial charge in [0.2, 0.25) is 0 Å². The van der Waals surface area contributed by atoms with Gasteiger partial charge >= 0.3 is 5.97 Å². The van der Waals surface area contributed by atoms with Crippen LogP contribution in [0.15, 0.2) is 0 Å². The molecule has 5 heteroatoms. The van der Waals surface area contributed by atoms with Gasteiger partial charge in [-0.05, 0) is 43.4 Å². The van der Waals surface area contributed by atoms with Crippen LogP contribution in [0, 0.1) is 17.3 Å². The molecule has 2 atom stereocenters. The van der Waals surface area contributed by atoms with Crippen LogP contribution >= 0.6 is 0 Å². The molecule has 3 rings (SSSR count). The molecule has 0 radical (unpaired) electrons. The largest absolute Gasteiger partial charge is 0.469 e. The summed E-state index contributed by atoms with van der Waals surface area (Å²) < 4.78 is 10.2. The summed E-state index contributed by atoms with van der Waals surface area (Å²) in [5.41, 5.74) is 0.117. The second-order valence-electron chi connectivity index (χ2n) is 6.46. The average Bonchev–Trinajstić information content (AvgIpc) is 3.37. The van der Waals surface area contributed by atoms with Crippen LogP contribution in [-0.4, -0.2) is 50.2 Å². The monoisotopic (exact) mass is 281 g/mol. The second-order valence-corrected chi connectivity index (χ2v) is 6.46. The Hall–Kier alpha value is -1.10. The zero-order valence-electron chi connectivity index (χ0n) is 12.3. The molecule has 0 unspecified atom stereocenters. The van der Waals surface area contributed by atoms with Crippen molar-refractivity contribution in [3.63, 3.8) is 0 Å². The van der Waals surface area contributed by atoms with E-state index in [-0.39, 0.29) is 29.3 Å². The number of piperidine rings is 1. The number of hydrogen-bond acceptors (Lipinski definition) is 4. The minimum Gasteiger partial charge on any atom is -0.469 e. The number of rotatable bonds is 4. The minimum atomic E-state index is -0.250. The van der Waals surface area contributed by atoms with Gasteiger partial charge in [-0.3, -0.25) is 9.59 Å². The van der Waals surface area contributed by atoms with E-state index in [2.05, 4.69) is 0 Å². The van der Waals surface area contributed by atoms with E-state index < -0.39 is 0 Å². The van der Waals surface area contributed by atoms with Gasteiger partial charge in [0.1, 0.15) is 6.10 Å². The molecule has 1 spiro atoms. The van der Waals surface area contributed by atoms with Crippen molar-refractivity contribution in [2.24, 2.45) is 17.3 Å². The van der Waals surface area contributed by atoms with Gasteiger partial charge in [-0.2, -0.15) is 0 Å². The van der Waals surface area contributed by atoms with Gasteiger partial charge in [0.05, 0.1) is 13.0 Å². The highest BCUT2D eigenvalue weighted by Gasteiger charge is 2.59. The Balaban J connectivity index is 1.54. The van der Waals surface area contributed by atoms with Crippen molar-refractivity contribution in [2.75, 3.05) is 27.3 Å². The Bertz CT molecular complexity index is 410. The fraction of sp³-hybridized carbons (Fsp3) is 0.867. The van der Waals surface area contributed by atoms with E-state index in [0.29, 0.717) is 5.92 Å². The molecular weight excluding hydrogens is 258 g/mol. The van der Waals surface area contributed by atoms with Gasteiger partial charge < -0.3 is 14.4 Å². The van der Waals surface area contributed by atoms with E-state index >= 15 is 0 Å². The van der Waals surface area contributed by atoms with Gasteiger partial charge in [0.15, 0.2) is 0 Å². The molecule has 0 aromatic heterocycles. The van der Waals surface area contributed by atoms with Gasteiger partial charge in [0.25, 0.3) is 5.91 Å². The summed E-state index contributed by atoms with van der Waals surface area (Å²) in [5, 5.41) is 0. The topological polar surface area (TPSA) is 55.8 Å². The number of esters is 1. The molecule has 1 saturated heterocycles. The maximum Gasteiger partial charge on any atom is 0.309 e. The molecule has 1 amide bonds. The molecule has 0 aromatic rings. The molecule has 1 aliphatic heterocycles. The molecule has 2 saturated carbocycles.